The van der Waals surface area contributed by atoms with E-state index in [4.69, 9.17) is 11.5 Å². The Bertz CT molecular complexity index is 931. The summed E-state index contributed by atoms with van der Waals surface area (Å²) in [5.41, 5.74) is 17.1. The molecule has 26 heavy (non-hydrogen) atoms. The summed E-state index contributed by atoms with van der Waals surface area (Å²) < 4.78 is 0. The molecule has 1 amide bonds. The van der Waals surface area contributed by atoms with E-state index in [1.807, 2.05) is 38.1 Å². The van der Waals surface area contributed by atoms with Crippen LogP contribution >= 0.6 is 0 Å². The van der Waals surface area contributed by atoms with Crippen molar-refractivity contribution >= 4 is 11.7 Å². The number of anilines is 1. The average molecular weight is 349 g/mol. The van der Waals surface area contributed by atoms with Gasteiger partial charge in [0.1, 0.15) is 11.5 Å². The number of aryl methyl sites for hydroxylation is 2. The fourth-order valence-electron chi connectivity index (χ4n) is 2.93. The van der Waals surface area contributed by atoms with Crippen LogP contribution in [-0.2, 0) is 0 Å². The van der Waals surface area contributed by atoms with Crippen molar-refractivity contribution in [3.8, 4) is 11.1 Å². The number of nitrogen functional groups attached to an aromatic ring is 1. The Morgan fingerprint density at radius 3 is 2.81 bits per heavy atom. The summed E-state index contributed by atoms with van der Waals surface area (Å²) in [5, 5.41) is 2.99. The molecule has 0 fully saturated rings. The highest BCUT2D eigenvalue weighted by molar-refractivity contribution is 5.94. The predicted octanol–water partition coefficient (Wildman–Crippen LogP) is 2.71. The van der Waals surface area contributed by atoms with Gasteiger partial charge in [-0.3, -0.25) is 4.79 Å². The summed E-state index contributed by atoms with van der Waals surface area (Å²) in [6.07, 6.45) is 3.51. The first-order chi connectivity index (χ1) is 12.5. The minimum Gasteiger partial charge on any atom is -0.384 e. The molecule has 1 unspecified atom stereocenters. The van der Waals surface area contributed by atoms with E-state index in [2.05, 4.69) is 15.3 Å². The quantitative estimate of drug-likeness (QED) is 0.567. The number of carbonyl (C=O) groups is 1. The number of benzene rings is 1. The lowest BCUT2D eigenvalue weighted by atomic mass is 10.0. The molecule has 6 N–H and O–H groups in total. The van der Waals surface area contributed by atoms with Gasteiger partial charge in [-0.2, -0.15) is 0 Å². The molecule has 0 saturated carbocycles. The summed E-state index contributed by atoms with van der Waals surface area (Å²) in [4.78, 5) is 19.7. The first kappa shape index (κ1) is 17.7. The number of nitrogens with zero attached hydrogens (tertiary/aromatic N) is 1. The lowest BCUT2D eigenvalue weighted by Gasteiger charge is -2.17. The highest BCUT2D eigenvalue weighted by Crippen LogP contribution is 2.25. The molecule has 6 nitrogen and oxygen atoms in total. The highest BCUT2D eigenvalue weighted by Gasteiger charge is 2.16. The molecule has 0 radical (unpaired) electrons. The Morgan fingerprint density at radius 2 is 2.08 bits per heavy atom. The fraction of sp³-hybridized carbons (Fsp3) is 0.200. The first-order valence-corrected chi connectivity index (χ1v) is 8.46. The number of hydrogen-bond donors (Lipinski definition) is 4. The van der Waals surface area contributed by atoms with Crippen molar-refractivity contribution in [1.29, 1.82) is 0 Å². The lowest BCUT2D eigenvalue weighted by molar-refractivity contribution is 0.0933. The molecule has 0 spiro atoms. The van der Waals surface area contributed by atoms with E-state index in [0.717, 1.165) is 27.8 Å². The van der Waals surface area contributed by atoms with Crippen LogP contribution in [0.2, 0.25) is 0 Å². The van der Waals surface area contributed by atoms with Gasteiger partial charge in [0, 0.05) is 24.5 Å². The number of rotatable bonds is 5. The van der Waals surface area contributed by atoms with Gasteiger partial charge in [-0.25, -0.2) is 4.98 Å². The molecule has 0 saturated heterocycles. The smallest absolute Gasteiger partial charge is 0.268 e. The first-order valence-electron chi connectivity index (χ1n) is 8.46. The Labute approximate surface area is 152 Å². The van der Waals surface area contributed by atoms with Gasteiger partial charge in [-0.15, -0.1) is 0 Å². The van der Waals surface area contributed by atoms with E-state index < -0.39 is 0 Å². The minimum absolute atomic E-state index is 0.201. The summed E-state index contributed by atoms with van der Waals surface area (Å²) in [6.45, 7) is 4.29. The van der Waals surface area contributed by atoms with Crippen molar-refractivity contribution in [3.05, 3.63) is 71.2 Å². The SMILES string of the molecule is Cc1cccc(C(CN)NC(=O)c2cc(-c3cc(N)ncc3C)c[nH]2)c1. The molecule has 0 bridgehead atoms. The van der Waals surface area contributed by atoms with Crippen LogP contribution in [-0.4, -0.2) is 22.4 Å². The zero-order valence-corrected chi connectivity index (χ0v) is 14.9. The van der Waals surface area contributed by atoms with Gasteiger partial charge in [0.15, 0.2) is 0 Å². The van der Waals surface area contributed by atoms with Crippen LogP contribution in [0.1, 0.15) is 33.2 Å². The average Bonchev–Trinajstić information content (AvgIpc) is 3.11. The molecule has 134 valence electrons. The number of amides is 1. The number of hydrogen-bond acceptors (Lipinski definition) is 4. The summed E-state index contributed by atoms with van der Waals surface area (Å²) in [7, 11) is 0. The number of nitrogens with one attached hydrogen (secondary N) is 2. The normalized spacial score (nSPS) is 12.0. The summed E-state index contributed by atoms with van der Waals surface area (Å²) in [6, 6.07) is 11.3. The lowest BCUT2D eigenvalue weighted by Crippen LogP contribution is -2.33. The third-order valence-corrected chi connectivity index (χ3v) is 4.35. The van der Waals surface area contributed by atoms with E-state index in [1.54, 1.807) is 24.5 Å². The zero-order chi connectivity index (χ0) is 18.7. The van der Waals surface area contributed by atoms with Gasteiger partial charge >= 0.3 is 0 Å². The van der Waals surface area contributed by atoms with E-state index in [-0.39, 0.29) is 11.9 Å². The molecule has 6 heteroatoms. The molecular formula is C20H23N5O. The Hall–Kier alpha value is -3.12. The maximum atomic E-state index is 12.6. The Balaban J connectivity index is 1.80. The van der Waals surface area contributed by atoms with Crippen LogP contribution in [0.3, 0.4) is 0 Å². The van der Waals surface area contributed by atoms with Crippen LogP contribution in [0, 0.1) is 13.8 Å². The second-order valence-corrected chi connectivity index (χ2v) is 6.40. The monoisotopic (exact) mass is 349 g/mol. The molecule has 1 aromatic carbocycles. The van der Waals surface area contributed by atoms with Gasteiger partial charge in [0.25, 0.3) is 5.91 Å². The highest BCUT2D eigenvalue weighted by atomic mass is 16.1. The third kappa shape index (κ3) is 3.75. The molecule has 0 aliphatic heterocycles. The van der Waals surface area contributed by atoms with Gasteiger partial charge in [-0.1, -0.05) is 29.8 Å². The molecule has 3 rings (SSSR count). The fourth-order valence-corrected chi connectivity index (χ4v) is 2.93. The van der Waals surface area contributed by atoms with Crippen LogP contribution in [0.25, 0.3) is 11.1 Å². The van der Waals surface area contributed by atoms with Crippen LogP contribution in [0.5, 0.6) is 0 Å². The molecule has 2 aromatic heterocycles. The maximum Gasteiger partial charge on any atom is 0.268 e. The molecule has 1 atom stereocenters. The van der Waals surface area contributed by atoms with E-state index in [0.29, 0.717) is 18.1 Å². The predicted molar refractivity (Wildman–Crippen MR) is 104 cm³/mol. The number of pyridine rings is 1. The van der Waals surface area contributed by atoms with Crippen molar-refractivity contribution in [1.82, 2.24) is 15.3 Å². The number of carbonyl (C=O) groups excluding carboxylic acids is 1. The van der Waals surface area contributed by atoms with Crippen LogP contribution in [0.4, 0.5) is 5.82 Å². The molecule has 3 aromatic rings. The van der Waals surface area contributed by atoms with Crippen molar-refractivity contribution in [2.75, 3.05) is 12.3 Å². The van der Waals surface area contributed by atoms with Gasteiger partial charge in [0.05, 0.1) is 6.04 Å². The summed E-state index contributed by atoms with van der Waals surface area (Å²) >= 11 is 0. The number of aromatic amines is 1. The second kappa shape index (κ2) is 7.41. The molecule has 0 aliphatic carbocycles. The Morgan fingerprint density at radius 1 is 1.27 bits per heavy atom. The number of aromatic nitrogens is 2. The van der Waals surface area contributed by atoms with Crippen molar-refractivity contribution in [2.24, 2.45) is 5.73 Å². The van der Waals surface area contributed by atoms with E-state index >= 15 is 0 Å². The van der Waals surface area contributed by atoms with Gasteiger partial charge in [0.2, 0.25) is 0 Å². The van der Waals surface area contributed by atoms with E-state index in [1.165, 1.54) is 0 Å². The third-order valence-electron chi connectivity index (χ3n) is 4.35. The van der Waals surface area contributed by atoms with Crippen LogP contribution in [0.15, 0.2) is 48.8 Å². The van der Waals surface area contributed by atoms with E-state index in [9.17, 15) is 4.79 Å². The largest absolute Gasteiger partial charge is 0.384 e. The zero-order valence-electron chi connectivity index (χ0n) is 14.9. The number of nitrogens with two attached hydrogens (primary N) is 2. The molecule has 0 aliphatic rings. The van der Waals surface area contributed by atoms with Crippen molar-refractivity contribution in [3.63, 3.8) is 0 Å². The minimum atomic E-state index is -0.243. The molecule has 2 heterocycles. The molecular weight excluding hydrogens is 326 g/mol. The topological polar surface area (TPSA) is 110 Å². The van der Waals surface area contributed by atoms with Gasteiger partial charge < -0.3 is 21.8 Å². The number of H-pyrrole nitrogens is 1. The van der Waals surface area contributed by atoms with Crippen molar-refractivity contribution < 1.29 is 4.79 Å². The second-order valence-electron chi connectivity index (χ2n) is 6.40. The maximum absolute atomic E-state index is 12.6. The summed E-state index contributed by atoms with van der Waals surface area (Å²) in [5.74, 6) is 0.244. The standard InChI is InChI=1S/C20H23N5O/c1-12-4-3-5-14(6-12)18(9-21)25-20(26)17-7-15(11-23-17)16-8-19(22)24-10-13(16)2/h3-8,10-11,18,23H,9,21H2,1-2H3,(H2,22,24)(H,25,26). The van der Waals surface area contributed by atoms with Gasteiger partial charge in [-0.05, 0) is 42.7 Å². The van der Waals surface area contributed by atoms with Crippen LogP contribution < -0.4 is 16.8 Å². The Kier molecular flexibility index (Phi) is 5.04. The van der Waals surface area contributed by atoms with Crippen molar-refractivity contribution in [2.45, 2.75) is 19.9 Å².